The maximum atomic E-state index is 4.81. The van der Waals surface area contributed by atoms with E-state index in [1.165, 1.54) is 18.4 Å². The zero-order valence-electron chi connectivity index (χ0n) is 11.6. The first-order chi connectivity index (χ1) is 10.4. The number of aromatic nitrogens is 3. The zero-order valence-corrected chi connectivity index (χ0v) is 12.4. The van der Waals surface area contributed by atoms with Crippen LogP contribution in [-0.4, -0.2) is 15.0 Å². The Morgan fingerprint density at radius 3 is 2.76 bits per heavy atom. The van der Waals surface area contributed by atoms with E-state index in [-0.39, 0.29) is 0 Å². The van der Waals surface area contributed by atoms with Crippen LogP contribution in [0, 0.1) is 0 Å². The van der Waals surface area contributed by atoms with Crippen LogP contribution < -0.4 is 0 Å². The number of fused-ring (bicyclic) bond motifs is 1. The number of benzene rings is 1. The minimum absolute atomic E-state index is 0.576. The molecule has 2 heterocycles. The van der Waals surface area contributed by atoms with Crippen molar-refractivity contribution in [1.29, 1.82) is 0 Å². The van der Waals surface area contributed by atoms with Crippen molar-refractivity contribution in [1.82, 2.24) is 15.0 Å². The monoisotopic (exact) mass is 293 g/mol. The normalized spacial score (nSPS) is 14.5. The molecule has 1 aliphatic carbocycles. The molecule has 0 unspecified atom stereocenters. The van der Waals surface area contributed by atoms with E-state index >= 15 is 0 Å². The van der Waals surface area contributed by atoms with Gasteiger partial charge in [0.05, 0.1) is 5.52 Å². The largest absolute Gasteiger partial charge is 0.264 e. The number of thioether (sulfide) groups is 1. The maximum Gasteiger partial charge on any atom is 0.133 e. The third kappa shape index (κ3) is 2.76. The van der Waals surface area contributed by atoms with Gasteiger partial charge in [-0.15, -0.1) is 11.8 Å². The molecule has 0 aliphatic heterocycles. The topological polar surface area (TPSA) is 38.7 Å². The van der Waals surface area contributed by atoms with Crippen LogP contribution in [-0.2, 0) is 5.75 Å². The van der Waals surface area contributed by atoms with Crippen molar-refractivity contribution in [2.75, 3.05) is 0 Å². The lowest BCUT2D eigenvalue weighted by molar-refractivity contribution is 0.904. The van der Waals surface area contributed by atoms with Gasteiger partial charge in [-0.1, -0.05) is 24.3 Å². The Morgan fingerprint density at radius 2 is 1.95 bits per heavy atom. The molecule has 21 heavy (non-hydrogen) atoms. The van der Waals surface area contributed by atoms with Crippen LogP contribution in [0.3, 0.4) is 0 Å². The van der Waals surface area contributed by atoms with Gasteiger partial charge in [0.15, 0.2) is 0 Å². The molecule has 0 radical (unpaired) electrons. The van der Waals surface area contributed by atoms with Crippen LogP contribution in [0.1, 0.15) is 30.1 Å². The predicted molar refractivity (Wildman–Crippen MR) is 85.3 cm³/mol. The first-order valence-electron chi connectivity index (χ1n) is 7.18. The second kappa shape index (κ2) is 5.45. The Kier molecular flexibility index (Phi) is 3.31. The number of rotatable bonds is 4. The summed E-state index contributed by atoms with van der Waals surface area (Å²) in [5.41, 5.74) is 2.28. The molecule has 0 atom stereocenters. The van der Waals surface area contributed by atoms with Crippen molar-refractivity contribution in [3.8, 4) is 0 Å². The average Bonchev–Trinajstić information content (AvgIpc) is 3.38. The number of hydrogen-bond acceptors (Lipinski definition) is 4. The Bertz CT molecular complexity index is 769. The summed E-state index contributed by atoms with van der Waals surface area (Å²) in [5, 5.41) is 2.24. The van der Waals surface area contributed by atoms with E-state index in [0.717, 1.165) is 27.5 Å². The average molecular weight is 293 g/mol. The molecule has 1 saturated carbocycles. The van der Waals surface area contributed by atoms with Gasteiger partial charge in [-0.2, -0.15) is 0 Å². The Morgan fingerprint density at radius 1 is 1.05 bits per heavy atom. The first-order valence-corrected chi connectivity index (χ1v) is 8.17. The van der Waals surface area contributed by atoms with Gasteiger partial charge in [0.25, 0.3) is 0 Å². The van der Waals surface area contributed by atoms with E-state index in [0.29, 0.717) is 5.92 Å². The van der Waals surface area contributed by atoms with E-state index in [1.807, 2.05) is 18.3 Å². The predicted octanol–water partition coefficient (Wildman–Crippen LogP) is 4.19. The van der Waals surface area contributed by atoms with Crippen molar-refractivity contribution in [3.63, 3.8) is 0 Å². The van der Waals surface area contributed by atoms with Crippen LogP contribution in [0.25, 0.3) is 10.9 Å². The number of hydrogen-bond donors (Lipinski definition) is 0. The fourth-order valence-corrected chi connectivity index (χ4v) is 3.29. The number of para-hydroxylation sites is 1. The van der Waals surface area contributed by atoms with Crippen LogP contribution in [0.5, 0.6) is 0 Å². The van der Waals surface area contributed by atoms with E-state index < -0.39 is 0 Å². The highest BCUT2D eigenvalue weighted by atomic mass is 32.2. The van der Waals surface area contributed by atoms with Gasteiger partial charge in [0, 0.05) is 29.5 Å². The van der Waals surface area contributed by atoms with Crippen molar-refractivity contribution < 1.29 is 0 Å². The van der Waals surface area contributed by atoms with E-state index in [4.69, 9.17) is 9.97 Å². The Balaban J connectivity index is 1.69. The fraction of sp³-hybridized carbons (Fsp3) is 0.235. The summed E-state index contributed by atoms with van der Waals surface area (Å²) in [5.74, 6) is 2.48. The van der Waals surface area contributed by atoms with Gasteiger partial charge in [-0.05, 0) is 30.5 Å². The number of pyridine rings is 1. The molecule has 4 rings (SSSR count). The molecule has 1 aromatic carbocycles. The van der Waals surface area contributed by atoms with E-state index in [9.17, 15) is 0 Å². The quantitative estimate of drug-likeness (QED) is 0.534. The molecule has 2 aromatic heterocycles. The SMILES string of the molecule is c1cncc(CSc2nc(C3CC3)nc3ccccc23)c1. The third-order valence-corrected chi connectivity index (χ3v) is 4.69. The smallest absolute Gasteiger partial charge is 0.133 e. The number of nitrogens with zero attached hydrogens (tertiary/aromatic N) is 3. The highest BCUT2D eigenvalue weighted by Gasteiger charge is 2.27. The molecular formula is C17H15N3S. The molecule has 0 saturated heterocycles. The summed E-state index contributed by atoms with van der Waals surface area (Å²) in [4.78, 5) is 13.7. The molecule has 3 nitrogen and oxygen atoms in total. The third-order valence-electron chi connectivity index (χ3n) is 3.63. The standard InChI is InChI=1S/C17H15N3S/c1-2-6-15-14(5-1)17(20-16(19-15)13-7-8-13)21-11-12-4-3-9-18-10-12/h1-6,9-10,13H,7-8,11H2. The first kappa shape index (κ1) is 12.8. The molecule has 1 aliphatic rings. The van der Waals surface area contributed by atoms with Crippen LogP contribution in [0.4, 0.5) is 0 Å². The van der Waals surface area contributed by atoms with Gasteiger partial charge in [0.1, 0.15) is 10.9 Å². The summed E-state index contributed by atoms with van der Waals surface area (Å²) in [6, 6.07) is 12.4. The van der Waals surface area contributed by atoms with Crippen molar-refractivity contribution in [2.45, 2.75) is 29.5 Å². The lowest BCUT2D eigenvalue weighted by atomic mass is 10.2. The fourth-order valence-electron chi connectivity index (χ4n) is 2.33. The van der Waals surface area contributed by atoms with Gasteiger partial charge < -0.3 is 0 Å². The van der Waals surface area contributed by atoms with Crippen LogP contribution >= 0.6 is 11.8 Å². The molecule has 0 N–H and O–H groups in total. The summed E-state index contributed by atoms with van der Waals surface area (Å²) in [6.07, 6.45) is 6.17. The summed E-state index contributed by atoms with van der Waals surface area (Å²) in [6.45, 7) is 0. The summed E-state index contributed by atoms with van der Waals surface area (Å²) in [7, 11) is 0. The highest BCUT2D eigenvalue weighted by Crippen LogP contribution is 2.40. The van der Waals surface area contributed by atoms with Gasteiger partial charge in [-0.25, -0.2) is 9.97 Å². The van der Waals surface area contributed by atoms with Crippen molar-refractivity contribution in [3.05, 3.63) is 60.2 Å². The summed E-state index contributed by atoms with van der Waals surface area (Å²) >= 11 is 1.77. The van der Waals surface area contributed by atoms with E-state index in [1.54, 1.807) is 18.0 Å². The van der Waals surface area contributed by atoms with Crippen molar-refractivity contribution in [2.24, 2.45) is 0 Å². The van der Waals surface area contributed by atoms with Crippen LogP contribution in [0.15, 0.2) is 53.8 Å². The maximum absolute atomic E-state index is 4.81. The molecular weight excluding hydrogens is 278 g/mol. The molecule has 4 heteroatoms. The lowest BCUT2D eigenvalue weighted by Gasteiger charge is -2.08. The molecule has 3 aromatic rings. The molecule has 0 bridgehead atoms. The molecule has 104 valence electrons. The minimum Gasteiger partial charge on any atom is -0.264 e. The van der Waals surface area contributed by atoms with Gasteiger partial charge in [-0.3, -0.25) is 4.98 Å². The Hall–Kier alpha value is -1.94. The highest BCUT2D eigenvalue weighted by molar-refractivity contribution is 7.98. The van der Waals surface area contributed by atoms with Gasteiger partial charge in [0.2, 0.25) is 0 Å². The second-order valence-corrected chi connectivity index (χ2v) is 6.29. The lowest BCUT2D eigenvalue weighted by Crippen LogP contribution is -1.96. The second-order valence-electron chi connectivity index (χ2n) is 5.33. The molecule has 1 fully saturated rings. The van der Waals surface area contributed by atoms with E-state index in [2.05, 4.69) is 29.2 Å². The zero-order chi connectivity index (χ0) is 14.1. The van der Waals surface area contributed by atoms with Gasteiger partial charge >= 0.3 is 0 Å². The minimum atomic E-state index is 0.576. The van der Waals surface area contributed by atoms with Crippen LogP contribution in [0.2, 0.25) is 0 Å². The molecule has 0 amide bonds. The summed E-state index contributed by atoms with van der Waals surface area (Å²) < 4.78 is 0. The Labute approximate surface area is 127 Å². The van der Waals surface area contributed by atoms with Crippen molar-refractivity contribution >= 4 is 22.7 Å². The molecule has 0 spiro atoms.